The lowest BCUT2D eigenvalue weighted by Gasteiger charge is -2.40. The number of piperidine rings is 1. The molecule has 1 aromatic rings. The molecule has 2 atom stereocenters. The van der Waals surface area contributed by atoms with Crippen LogP contribution < -0.4 is 4.74 Å². The summed E-state index contributed by atoms with van der Waals surface area (Å²) in [6.45, 7) is 3.99. The average Bonchev–Trinajstić information content (AvgIpc) is 3.04. The highest BCUT2D eigenvalue weighted by atomic mass is 35.5. The predicted molar refractivity (Wildman–Crippen MR) is 128 cm³/mol. The predicted octanol–water partition coefficient (Wildman–Crippen LogP) is 2.59. The molecule has 3 aliphatic rings. The molecule has 3 aliphatic heterocycles. The van der Waals surface area contributed by atoms with E-state index in [4.69, 9.17) is 21.1 Å². The van der Waals surface area contributed by atoms with Gasteiger partial charge in [0, 0.05) is 62.9 Å². The highest BCUT2D eigenvalue weighted by Crippen LogP contribution is 2.28. The van der Waals surface area contributed by atoms with E-state index in [0.717, 1.165) is 19.3 Å². The van der Waals surface area contributed by atoms with E-state index in [0.29, 0.717) is 76.0 Å². The summed E-state index contributed by atoms with van der Waals surface area (Å²) in [6.07, 6.45) is 4.08. The van der Waals surface area contributed by atoms with Crippen molar-refractivity contribution in [2.45, 2.75) is 44.6 Å². The number of carbonyl (C=O) groups excluding carboxylic acids is 3. The van der Waals surface area contributed by atoms with Gasteiger partial charge >= 0.3 is 0 Å². The molecular formula is C25H34ClN3O5. The fourth-order valence-corrected chi connectivity index (χ4v) is 5.12. The Hall–Kier alpha value is -2.32. The number of carbonyl (C=O) groups is 3. The highest BCUT2D eigenvalue weighted by Gasteiger charge is 2.36. The van der Waals surface area contributed by atoms with Gasteiger partial charge in [0.25, 0.3) is 0 Å². The maximum atomic E-state index is 13.1. The minimum Gasteiger partial charge on any atom is -0.490 e. The molecule has 8 nitrogen and oxygen atoms in total. The lowest BCUT2D eigenvalue weighted by Crippen LogP contribution is -2.52. The largest absolute Gasteiger partial charge is 0.490 e. The molecule has 34 heavy (non-hydrogen) atoms. The normalized spacial score (nSPS) is 24.0. The molecule has 0 unspecified atom stereocenters. The molecule has 0 bridgehead atoms. The van der Waals surface area contributed by atoms with Crippen LogP contribution in [0.1, 0.15) is 38.5 Å². The number of morpholine rings is 1. The molecule has 186 valence electrons. The second-order valence-electron chi connectivity index (χ2n) is 9.33. The molecule has 0 aliphatic carbocycles. The van der Waals surface area contributed by atoms with Crippen LogP contribution in [0.15, 0.2) is 24.3 Å². The number of benzene rings is 1. The van der Waals surface area contributed by atoms with Crippen LogP contribution in [0.3, 0.4) is 0 Å². The zero-order chi connectivity index (χ0) is 23.9. The van der Waals surface area contributed by atoms with Gasteiger partial charge in [-0.3, -0.25) is 14.4 Å². The van der Waals surface area contributed by atoms with Gasteiger partial charge in [-0.2, -0.15) is 0 Å². The van der Waals surface area contributed by atoms with E-state index in [2.05, 4.69) is 0 Å². The molecule has 0 radical (unpaired) electrons. The SMILES string of the molecule is O=C(C[C@H]1CN(C(=O)CN2CCCCCC2=O)CC[C@@H]1Oc1cccc(Cl)c1)N1CCOCC1. The fourth-order valence-electron chi connectivity index (χ4n) is 4.94. The van der Waals surface area contributed by atoms with Crippen LogP contribution in [-0.4, -0.2) is 91.0 Å². The van der Waals surface area contributed by atoms with Crippen molar-refractivity contribution < 1.29 is 23.9 Å². The van der Waals surface area contributed by atoms with Gasteiger partial charge in [-0.1, -0.05) is 24.1 Å². The Morgan fingerprint density at radius 3 is 2.65 bits per heavy atom. The molecule has 3 heterocycles. The number of hydrogen-bond acceptors (Lipinski definition) is 5. The molecule has 3 saturated heterocycles. The van der Waals surface area contributed by atoms with Gasteiger partial charge in [-0.25, -0.2) is 0 Å². The zero-order valence-corrected chi connectivity index (χ0v) is 20.4. The third-order valence-corrected chi connectivity index (χ3v) is 7.13. The number of halogens is 1. The van der Waals surface area contributed by atoms with Gasteiger partial charge < -0.3 is 24.2 Å². The van der Waals surface area contributed by atoms with Crippen LogP contribution >= 0.6 is 11.6 Å². The van der Waals surface area contributed by atoms with Crippen LogP contribution in [-0.2, 0) is 19.1 Å². The Labute approximate surface area is 206 Å². The minimum absolute atomic E-state index is 0.0553. The summed E-state index contributed by atoms with van der Waals surface area (Å²) < 4.78 is 11.6. The lowest BCUT2D eigenvalue weighted by atomic mass is 9.90. The first-order chi connectivity index (χ1) is 16.5. The van der Waals surface area contributed by atoms with E-state index in [1.165, 1.54) is 0 Å². The summed E-state index contributed by atoms with van der Waals surface area (Å²) in [5, 5.41) is 0.591. The topological polar surface area (TPSA) is 79.4 Å². The van der Waals surface area contributed by atoms with Crippen molar-refractivity contribution in [3.8, 4) is 5.75 Å². The van der Waals surface area contributed by atoms with E-state index in [9.17, 15) is 14.4 Å². The van der Waals surface area contributed by atoms with Crippen LogP contribution in [0.5, 0.6) is 5.75 Å². The smallest absolute Gasteiger partial charge is 0.242 e. The number of nitrogens with zero attached hydrogens (tertiary/aromatic N) is 3. The molecule has 0 spiro atoms. The van der Waals surface area contributed by atoms with Crippen LogP contribution in [0.25, 0.3) is 0 Å². The van der Waals surface area contributed by atoms with Crippen molar-refractivity contribution in [3.63, 3.8) is 0 Å². The molecule has 0 saturated carbocycles. The third-order valence-electron chi connectivity index (χ3n) is 6.90. The van der Waals surface area contributed by atoms with Crippen molar-refractivity contribution in [3.05, 3.63) is 29.3 Å². The van der Waals surface area contributed by atoms with E-state index in [1.807, 2.05) is 17.0 Å². The number of hydrogen-bond donors (Lipinski definition) is 0. The monoisotopic (exact) mass is 491 g/mol. The maximum absolute atomic E-state index is 13.1. The molecular weight excluding hydrogens is 458 g/mol. The van der Waals surface area contributed by atoms with Gasteiger partial charge in [0.15, 0.2) is 0 Å². The maximum Gasteiger partial charge on any atom is 0.242 e. The Bertz CT molecular complexity index is 876. The number of rotatable bonds is 6. The molecule has 9 heteroatoms. The van der Waals surface area contributed by atoms with Gasteiger partial charge in [-0.05, 0) is 31.0 Å². The van der Waals surface area contributed by atoms with E-state index in [1.54, 1.807) is 21.9 Å². The second-order valence-corrected chi connectivity index (χ2v) is 9.76. The average molecular weight is 492 g/mol. The van der Waals surface area contributed by atoms with Gasteiger partial charge in [0.1, 0.15) is 11.9 Å². The number of likely N-dealkylation sites (tertiary alicyclic amines) is 2. The Kier molecular flexibility index (Phi) is 8.67. The highest BCUT2D eigenvalue weighted by molar-refractivity contribution is 6.30. The third kappa shape index (κ3) is 6.63. The van der Waals surface area contributed by atoms with Crippen molar-refractivity contribution in [1.29, 1.82) is 0 Å². The zero-order valence-electron chi connectivity index (χ0n) is 19.6. The van der Waals surface area contributed by atoms with E-state index in [-0.39, 0.29) is 36.3 Å². The lowest BCUT2D eigenvalue weighted by molar-refractivity contribution is -0.144. The quantitative estimate of drug-likeness (QED) is 0.611. The first kappa shape index (κ1) is 24.8. The number of ether oxygens (including phenoxy) is 2. The molecule has 0 aromatic heterocycles. The Morgan fingerprint density at radius 1 is 1.03 bits per heavy atom. The fraction of sp³-hybridized carbons (Fsp3) is 0.640. The molecule has 0 N–H and O–H groups in total. The standard InChI is InChI=1S/C25H34ClN3O5/c26-20-5-4-6-21(16-20)34-22-8-10-29(25(32)18-28-9-3-1-2-7-23(28)30)17-19(22)15-24(31)27-11-13-33-14-12-27/h4-6,16,19,22H,1-3,7-15,17-18H2/t19-,22-/m0/s1. The van der Waals surface area contributed by atoms with Crippen molar-refractivity contribution in [1.82, 2.24) is 14.7 Å². The first-order valence-electron chi connectivity index (χ1n) is 12.3. The minimum atomic E-state index is -0.202. The van der Waals surface area contributed by atoms with Crippen LogP contribution in [0, 0.1) is 5.92 Å². The summed E-state index contributed by atoms with van der Waals surface area (Å²) in [5.74, 6) is 0.581. The van der Waals surface area contributed by atoms with Crippen LogP contribution in [0.2, 0.25) is 5.02 Å². The first-order valence-corrected chi connectivity index (χ1v) is 12.7. The van der Waals surface area contributed by atoms with Crippen LogP contribution in [0.4, 0.5) is 0 Å². The summed E-state index contributed by atoms with van der Waals surface area (Å²) in [5.41, 5.74) is 0. The summed E-state index contributed by atoms with van der Waals surface area (Å²) in [6, 6.07) is 7.25. The molecule has 3 amide bonds. The number of amides is 3. The van der Waals surface area contributed by atoms with Gasteiger partial charge in [0.2, 0.25) is 17.7 Å². The van der Waals surface area contributed by atoms with E-state index < -0.39 is 0 Å². The molecule has 1 aromatic carbocycles. The molecule has 3 fully saturated rings. The summed E-state index contributed by atoms with van der Waals surface area (Å²) >= 11 is 6.13. The summed E-state index contributed by atoms with van der Waals surface area (Å²) in [4.78, 5) is 43.8. The van der Waals surface area contributed by atoms with Crippen molar-refractivity contribution in [2.24, 2.45) is 5.92 Å². The Morgan fingerprint density at radius 2 is 1.85 bits per heavy atom. The van der Waals surface area contributed by atoms with Gasteiger partial charge in [-0.15, -0.1) is 0 Å². The summed E-state index contributed by atoms with van der Waals surface area (Å²) in [7, 11) is 0. The second kappa shape index (κ2) is 11.9. The van der Waals surface area contributed by atoms with Crippen molar-refractivity contribution in [2.75, 3.05) is 52.5 Å². The van der Waals surface area contributed by atoms with Crippen molar-refractivity contribution >= 4 is 29.3 Å². The molecule has 4 rings (SSSR count). The van der Waals surface area contributed by atoms with E-state index >= 15 is 0 Å². The van der Waals surface area contributed by atoms with Gasteiger partial charge in [0.05, 0.1) is 19.8 Å². The Balaban J connectivity index is 1.42.